The van der Waals surface area contributed by atoms with Gasteiger partial charge in [-0.1, -0.05) is 0 Å². The van der Waals surface area contributed by atoms with Crippen LogP contribution in [0.1, 0.15) is 6.42 Å². The molecular formula is C5H6Na3O7. The van der Waals surface area contributed by atoms with Gasteiger partial charge in [0.2, 0.25) is 0 Å². The Kier molecular flexibility index (Phi) is 25.9. The third kappa shape index (κ3) is 18.0. The zero-order valence-electron chi connectivity index (χ0n) is 9.10. The Morgan fingerprint density at radius 3 is 1.87 bits per heavy atom. The molecule has 0 rings (SSSR count). The van der Waals surface area contributed by atoms with E-state index in [-0.39, 0.29) is 88.7 Å². The molecule has 0 unspecified atom stereocenters. The third-order valence-electron chi connectivity index (χ3n) is 0.666. The average Bonchev–Trinajstić information content (AvgIpc) is 1.84. The molecule has 7 nitrogen and oxygen atoms in total. The molecule has 0 atom stereocenters. The molecule has 0 aromatic heterocycles. The number of hydrogen-bond acceptors (Lipinski definition) is 6. The fourth-order valence-electron chi connectivity index (χ4n) is 0.374. The molecule has 71 valence electrons. The summed E-state index contributed by atoms with van der Waals surface area (Å²) in [6.45, 7) is 0. The fraction of sp³-hybridized carbons (Fsp3) is 0.400. The summed E-state index contributed by atoms with van der Waals surface area (Å²) >= 11 is 0. The van der Waals surface area contributed by atoms with Gasteiger partial charge in [-0.2, -0.15) is 4.89 Å². The number of carbonyl (C=O) groups excluding carboxylic acids is 2. The number of esters is 1. The van der Waals surface area contributed by atoms with Crippen LogP contribution >= 0.6 is 0 Å². The number of carbonyl (C=O) groups is 3. The molecular weight excluding hydrogens is 241 g/mol. The molecule has 0 amide bonds. The van der Waals surface area contributed by atoms with Gasteiger partial charge in [-0.25, -0.2) is 9.59 Å². The number of rotatable bonds is 3. The van der Waals surface area contributed by atoms with Gasteiger partial charge in [-0.05, 0) is 0 Å². The summed E-state index contributed by atoms with van der Waals surface area (Å²) in [6, 6.07) is 0. The van der Waals surface area contributed by atoms with E-state index in [0.29, 0.717) is 0 Å². The van der Waals surface area contributed by atoms with Gasteiger partial charge >= 0.3 is 18.1 Å². The van der Waals surface area contributed by atoms with E-state index in [1.54, 1.807) is 0 Å². The monoisotopic (exact) mass is 247 g/mol. The van der Waals surface area contributed by atoms with Gasteiger partial charge in [-0.3, -0.25) is 9.68 Å². The maximum Gasteiger partial charge on any atom is 0.513 e. The second-order valence-corrected chi connectivity index (χ2v) is 1.54. The van der Waals surface area contributed by atoms with E-state index in [0.717, 1.165) is 7.11 Å². The van der Waals surface area contributed by atoms with Crippen LogP contribution in [0.4, 0.5) is 4.79 Å². The molecule has 0 fully saturated rings. The molecule has 3 radical (unpaired) electrons. The van der Waals surface area contributed by atoms with Gasteiger partial charge in [0.1, 0.15) is 6.42 Å². The molecule has 0 heterocycles. The maximum absolute atomic E-state index is 10.4. The number of ether oxygens (including phenoxy) is 1. The minimum atomic E-state index is -1.77. The number of carboxylic acid groups (broad SMARTS) is 1. The van der Waals surface area contributed by atoms with Crippen molar-refractivity contribution in [3.8, 4) is 0 Å². The van der Waals surface area contributed by atoms with Crippen molar-refractivity contribution < 1.29 is 34.0 Å². The van der Waals surface area contributed by atoms with E-state index in [4.69, 9.17) is 5.11 Å². The van der Waals surface area contributed by atoms with Crippen LogP contribution in [-0.4, -0.2) is 119 Å². The van der Waals surface area contributed by atoms with Crippen LogP contribution in [0.15, 0.2) is 0 Å². The minimum absolute atomic E-state index is 0. The van der Waals surface area contributed by atoms with Crippen LogP contribution in [0.5, 0.6) is 0 Å². The summed E-state index contributed by atoms with van der Waals surface area (Å²) in [5.74, 6) is -2.24. The summed E-state index contributed by atoms with van der Waals surface area (Å²) in [6.07, 6.45) is -2.58. The van der Waals surface area contributed by atoms with Gasteiger partial charge < -0.3 is 9.84 Å². The van der Waals surface area contributed by atoms with Crippen molar-refractivity contribution in [3.63, 3.8) is 0 Å². The van der Waals surface area contributed by atoms with Crippen molar-refractivity contribution in [3.05, 3.63) is 0 Å². The molecule has 10 heteroatoms. The Labute approximate surface area is 152 Å². The fourth-order valence-corrected chi connectivity index (χ4v) is 0.374. The Balaban J connectivity index is -0.000000202. The first-order chi connectivity index (χ1) is 5.56. The zero-order chi connectivity index (χ0) is 9.56. The topological polar surface area (TPSA) is 99.1 Å². The molecule has 0 aliphatic carbocycles. The SMILES string of the molecule is COOC(=O)CC(=O)OC(=O)O.[Na].[Na].[Na]. The van der Waals surface area contributed by atoms with Crippen molar-refractivity contribution in [1.82, 2.24) is 0 Å². The van der Waals surface area contributed by atoms with E-state index in [9.17, 15) is 14.4 Å². The van der Waals surface area contributed by atoms with Crippen LogP contribution in [0.3, 0.4) is 0 Å². The van der Waals surface area contributed by atoms with Crippen molar-refractivity contribution in [1.29, 1.82) is 0 Å². The average molecular weight is 247 g/mol. The van der Waals surface area contributed by atoms with Gasteiger partial charge in [0.15, 0.2) is 0 Å². The van der Waals surface area contributed by atoms with Gasteiger partial charge in [0.25, 0.3) is 0 Å². The second kappa shape index (κ2) is 15.4. The minimum Gasteiger partial charge on any atom is -0.449 e. The first kappa shape index (κ1) is 25.3. The Morgan fingerprint density at radius 1 is 1.07 bits per heavy atom. The van der Waals surface area contributed by atoms with Gasteiger partial charge in [0, 0.05) is 88.7 Å². The van der Waals surface area contributed by atoms with E-state index in [1.807, 2.05) is 0 Å². The first-order valence-corrected chi connectivity index (χ1v) is 2.73. The summed E-state index contributed by atoms with van der Waals surface area (Å²) in [4.78, 5) is 38.3. The van der Waals surface area contributed by atoms with Crippen molar-refractivity contribution in [2.75, 3.05) is 7.11 Å². The summed E-state index contributed by atoms with van der Waals surface area (Å²) in [5, 5.41) is 7.90. The normalized spacial score (nSPS) is 7.00. The van der Waals surface area contributed by atoms with E-state index in [2.05, 4.69) is 14.5 Å². The molecule has 15 heavy (non-hydrogen) atoms. The standard InChI is InChI=1S/C5H6O7.3Na/c1-10-12-4(7)2-3(6)11-5(8)9;;;/h2H2,1H3,(H,8,9);;;. The predicted molar refractivity (Wildman–Crippen MR) is 49.1 cm³/mol. The summed E-state index contributed by atoms with van der Waals surface area (Å²) < 4.78 is 3.59. The van der Waals surface area contributed by atoms with Crippen molar-refractivity contribution in [2.45, 2.75) is 6.42 Å². The Bertz CT molecular complexity index is 207. The molecule has 0 aliphatic heterocycles. The smallest absolute Gasteiger partial charge is 0.449 e. The third-order valence-corrected chi connectivity index (χ3v) is 0.666. The van der Waals surface area contributed by atoms with Crippen LogP contribution in [0.2, 0.25) is 0 Å². The van der Waals surface area contributed by atoms with E-state index in [1.165, 1.54) is 0 Å². The molecule has 0 aliphatic rings. The van der Waals surface area contributed by atoms with Crippen molar-refractivity contribution >= 4 is 107 Å². The molecule has 0 spiro atoms. The molecule has 0 aromatic carbocycles. The Hall–Kier alpha value is 1.37. The van der Waals surface area contributed by atoms with Crippen molar-refractivity contribution in [2.24, 2.45) is 0 Å². The van der Waals surface area contributed by atoms with Gasteiger partial charge in [0.05, 0.1) is 7.11 Å². The summed E-state index contributed by atoms with van der Waals surface area (Å²) in [7, 11) is 1.07. The maximum atomic E-state index is 10.4. The second-order valence-electron chi connectivity index (χ2n) is 1.54. The molecule has 1 N–H and O–H groups in total. The van der Waals surface area contributed by atoms with E-state index >= 15 is 0 Å². The van der Waals surface area contributed by atoms with Crippen LogP contribution in [0.25, 0.3) is 0 Å². The molecule has 0 bridgehead atoms. The summed E-state index contributed by atoms with van der Waals surface area (Å²) in [5.41, 5.74) is 0. The van der Waals surface area contributed by atoms with Crippen LogP contribution in [-0.2, 0) is 24.1 Å². The molecule has 0 saturated heterocycles. The van der Waals surface area contributed by atoms with E-state index < -0.39 is 24.5 Å². The predicted octanol–water partition coefficient (Wildman–Crippen LogP) is -1.44. The van der Waals surface area contributed by atoms with Crippen LogP contribution < -0.4 is 0 Å². The number of hydrogen-bond donors (Lipinski definition) is 1. The van der Waals surface area contributed by atoms with Crippen LogP contribution in [0, 0.1) is 0 Å². The zero-order valence-corrected chi connectivity index (χ0v) is 15.1. The quantitative estimate of drug-likeness (QED) is 0.214. The molecule has 0 aromatic rings. The van der Waals surface area contributed by atoms with Gasteiger partial charge in [-0.15, -0.1) is 0 Å². The molecule has 0 saturated carbocycles. The first-order valence-electron chi connectivity index (χ1n) is 2.73. The Morgan fingerprint density at radius 2 is 1.53 bits per heavy atom. The largest absolute Gasteiger partial charge is 0.513 e.